The molecule has 1 aromatic carbocycles. The number of nitrogens with zero attached hydrogens (tertiary/aromatic N) is 2. The fraction of sp³-hybridized carbons (Fsp3) is 0.214. The highest BCUT2D eigenvalue weighted by atomic mass is 15.0. The Hall–Kier alpha value is -2.03. The molecule has 3 nitrogen and oxygen atoms in total. The first-order valence-corrected chi connectivity index (χ1v) is 5.96. The summed E-state index contributed by atoms with van der Waals surface area (Å²) in [5.74, 6) is 0. The summed E-state index contributed by atoms with van der Waals surface area (Å²) in [4.78, 5) is 7.56. The minimum atomic E-state index is 1.01. The Balaban J connectivity index is 2.17. The molecule has 0 aliphatic heterocycles. The zero-order valence-corrected chi connectivity index (χ0v) is 9.85. The summed E-state index contributed by atoms with van der Waals surface area (Å²) in [6.07, 6.45) is 7.02. The van der Waals surface area contributed by atoms with Crippen molar-refractivity contribution in [1.82, 2.24) is 14.5 Å². The van der Waals surface area contributed by atoms with E-state index in [1.807, 2.05) is 18.6 Å². The van der Waals surface area contributed by atoms with Gasteiger partial charge in [-0.2, -0.15) is 0 Å². The standard InChI is InChI=1S/C14H15N3/c1-2-7-17-10-15-9-14(17)12-8-16-13-6-4-3-5-11(12)13/h3-6,8-10,16H,2,7H2,1H3. The van der Waals surface area contributed by atoms with E-state index >= 15 is 0 Å². The molecular formula is C14H15N3. The minimum Gasteiger partial charge on any atom is -0.360 e. The number of H-pyrrole nitrogens is 1. The number of aromatic nitrogens is 3. The SMILES string of the molecule is CCCn1cncc1-c1c[nH]c2ccccc12. The number of imidazole rings is 1. The molecular weight excluding hydrogens is 210 g/mol. The number of nitrogens with one attached hydrogen (secondary N) is 1. The molecule has 3 heteroatoms. The summed E-state index contributed by atoms with van der Waals surface area (Å²) in [6, 6.07) is 8.36. The highest BCUT2D eigenvalue weighted by molar-refractivity contribution is 5.94. The molecule has 0 aliphatic carbocycles. The first kappa shape index (κ1) is 10.1. The van der Waals surface area contributed by atoms with Gasteiger partial charge in [0.2, 0.25) is 0 Å². The summed E-state index contributed by atoms with van der Waals surface area (Å²) in [5.41, 5.74) is 3.59. The molecule has 0 amide bonds. The summed E-state index contributed by atoms with van der Waals surface area (Å²) in [6.45, 7) is 3.19. The molecule has 0 fully saturated rings. The maximum absolute atomic E-state index is 4.25. The number of aryl methyl sites for hydroxylation is 1. The first-order chi connectivity index (χ1) is 8.40. The van der Waals surface area contributed by atoms with Crippen LogP contribution in [0.2, 0.25) is 0 Å². The molecule has 0 bridgehead atoms. The van der Waals surface area contributed by atoms with E-state index in [-0.39, 0.29) is 0 Å². The van der Waals surface area contributed by atoms with E-state index < -0.39 is 0 Å². The molecule has 0 atom stereocenters. The molecule has 1 N–H and O–H groups in total. The lowest BCUT2D eigenvalue weighted by Gasteiger charge is -2.05. The number of hydrogen-bond acceptors (Lipinski definition) is 1. The van der Waals surface area contributed by atoms with Gasteiger partial charge in [0.15, 0.2) is 0 Å². The molecule has 0 unspecified atom stereocenters. The van der Waals surface area contributed by atoms with Crippen molar-refractivity contribution in [2.45, 2.75) is 19.9 Å². The van der Waals surface area contributed by atoms with Crippen molar-refractivity contribution in [2.75, 3.05) is 0 Å². The average Bonchev–Trinajstić information content (AvgIpc) is 2.95. The van der Waals surface area contributed by atoms with Gasteiger partial charge in [-0.1, -0.05) is 25.1 Å². The van der Waals surface area contributed by atoms with Gasteiger partial charge in [0.25, 0.3) is 0 Å². The number of rotatable bonds is 3. The molecule has 3 rings (SSSR count). The van der Waals surface area contributed by atoms with Crippen molar-refractivity contribution >= 4 is 10.9 Å². The molecule has 0 radical (unpaired) electrons. The van der Waals surface area contributed by atoms with Crippen molar-refractivity contribution in [2.24, 2.45) is 0 Å². The second kappa shape index (κ2) is 4.09. The number of aromatic amines is 1. The third kappa shape index (κ3) is 1.64. The van der Waals surface area contributed by atoms with Crippen LogP contribution in [-0.4, -0.2) is 14.5 Å². The summed E-state index contributed by atoms with van der Waals surface area (Å²) < 4.78 is 2.20. The van der Waals surface area contributed by atoms with Crippen LogP contribution in [0.15, 0.2) is 43.0 Å². The van der Waals surface area contributed by atoms with Gasteiger partial charge >= 0.3 is 0 Å². The lowest BCUT2D eigenvalue weighted by Crippen LogP contribution is -1.96. The Morgan fingerprint density at radius 2 is 2.18 bits per heavy atom. The summed E-state index contributed by atoms with van der Waals surface area (Å²) in [5, 5.41) is 1.25. The third-order valence-corrected chi connectivity index (χ3v) is 3.04. The monoisotopic (exact) mass is 225 g/mol. The van der Waals surface area contributed by atoms with E-state index in [0.29, 0.717) is 0 Å². The van der Waals surface area contributed by atoms with Crippen molar-refractivity contribution in [3.8, 4) is 11.3 Å². The van der Waals surface area contributed by atoms with Crippen LogP contribution in [0.5, 0.6) is 0 Å². The van der Waals surface area contributed by atoms with Gasteiger partial charge in [-0.05, 0) is 12.5 Å². The lowest BCUT2D eigenvalue weighted by molar-refractivity contribution is 0.684. The van der Waals surface area contributed by atoms with E-state index in [9.17, 15) is 0 Å². The fourth-order valence-corrected chi connectivity index (χ4v) is 2.25. The quantitative estimate of drug-likeness (QED) is 0.727. The molecule has 3 aromatic rings. The van der Waals surface area contributed by atoms with Gasteiger partial charge in [0, 0.05) is 29.2 Å². The van der Waals surface area contributed by atoms with Crippen LogP contribution in [0, 0.1) is 0 Å². The van der Waals surface area contributed by atoms with E-state index in [1.165, 1.54) is 22.2 Å². The highest BCUT2D eigenvalue weighted by Gasteiger charge is 2.09. The Morgan fingerprint density at radius 3 is 3.06 bits per heavy atom. The Bertz CT molecular complexity index is 634. The van der Waals surface area contributed by atoms with Crippen LogP contribution in [0.4, 0.5) is 0 Å². The van der Waals surface area contributed by atoms with Crippen molar-refractivity contribution in [3.63, 3.8) is 0 Å². The number of benzene rings is 1. The fourth-order valence-electron chi connectivity index (χ4n) is 2.25. The van der Waals surface area contributed by atoms with Crippen LogP contribution in [0.25, 0.3) is 22.2 Å². The number of fused-ring (bicyclic) bond motifs is 1. The van der Waals surface area contributed by atoms with Crippen molar-refractivity contribution < 1.29 is 0 Å². The molecule has 86 valence electrons. The Morgan fingerprint density at radius 1 is 1.29 bits per heavy atom. The van der Waals surface area contributed by atoms with E-state index in [2.05, 4.69) is 45.9 Å². The maximum atomic E-state index is 4.25. The smallest absolute Gasteiger partial charge is 0.0950 e. The second-order valence-corrected chi connectivity index (χ2v) is 4.22. The molecule has 0 saturated heterocycles. The Kier molecular flexibility index (Phi) is 2.44. The first-order valence-electron chi connectivity index (χ1n) is 5.96. The van der Waals surface area contributed by atoms with E-state index in [4.69, 9.17) is 0 Å². The lowest BCUT2D eigenvalue weighted by atomic mass is 10.1. The van der Waals surface area contributed by atoms with Crippen LogP contribution in [0.1, 0.15) is 13.3 Å². The van der Waals surface area contributed by atoms with Crippen molar-refractivity contribution in [1.29, 1.82) is 0 Å². The van der Waals surface area contributed by atoms with Gasteiger partial charge in [-0.25, -0.2) is 4.98 Å². The summed E-state index contributed by atoms with van der Waals surface area (Å²) in [7, 11) is 0. The predicted octanol–water partition coefficient (Wildman–Crippen LogP) is 3.44. The van der Waals surface area contributed by atoms with Gasteiger partial charge in [-0.15, -0.1) is 0 Å². The number of hydrogen-bond donors (Lipinski definition) is 1. The highest BCUT2D eigenvalue weighted by Crippen LogP contribution is 2.28. The molecule has 0 aliphatic rings. The average molecular weight is 225 g/mol. The molecule has 2 aromatic heterocycles. The molecule has 0 spiro atoms. The maximum Gasteiger partial charge on any atom is 0.0950 e. The molecule has 2 heterocycles. The number of para-hydroxylation sites is 1. The Labute approximate surface area is 100 Å². The predicted molar refractivity (Wildman–Crippen MR) is 69.8 cm³/mol. The normalized spacial score (nSPS) is 11.1. The second-order valence-electron chi connectivity index (χ2n) is 4.22. The van der Waals surface area contributed by atoms with E-state index in [1.54, 1.807) is 0 Å². The molecule has 0 saturated carbocycles. The van der Waals surface area contributed by atoms with Gasteiger partial charge in [-0.3, -0.25) is 0 Å². The largest absolute Gasteiger partial charge is 0.360 e. The van der Waals surface area contributed by atoms with Gasteiger partial charge in [0.1, 0.15) is 0 Å². The van der Waals surface area contributed by atoms with E-state index in [0.717, 1.165) is 13.0 Å². The zero-order chi connectivity index (χ0) is 11.7. The van der Waals surface area contributed by atoms with Crippen LogP contribution < -0.4 is 0 Å². The topological polar surface area (TPSA) is 33.6 Å². The van der Waals surface area contributed by atoms with Gasteiger partial charge < -0.3 is 9.55 Å². The minimum absolute atomic E-state index is 1.01. The third-order valence-electron chi connectivity index (χ3n) is 3.04. The van der Waals surface area contributed by atoms with Crippen molar-refractivity contribution in [3.05, 3.63) is 43.0 Å². The zero-order valence-electron chi connectivity index (χ0n) is 9.85. The van der Waals surface area contributed by atoms with Crippen LogP contribution >= 0.6 is 0 Å². The van der Waals surface area contributed by atoms with Gasteiger partial charge in [0.05, 0.1) is 18.2 Å². The van der Waals surface area contributed by atoms with Crippen LogP contribution in [-0.2, 0) is 6.54 Å². The van der Waals surface area contributed by atoms with Crippen LogP contribution in [0.3, 0.4) is 0 Å². The summed E-state index contributed by atoms with van der Waals surface area (Å²) >= 11 is 0. The molecule has 17 heavy (non-hydrogen) atoms.